The van der Waals surface area contributed by atoms with E-state index >= 15 is 0 Å². The van der Waals surface area contributed by atoms with E-state index < -0.39 is 32.7 Å². The third-order valence-electron chi connectivity index (χ3n) is 9.87. The van der Waals surface area contributed by atoms with Gasteiger partial charge in [-0.25, -0.2) is 8.42 Å². The maximum absolute atomic E-state index is 13.3. The highest BCUT2D eigenvalue weighted by Gasteiger charge is 2.49. The Morgan fingerprint density at radius 3 is 2.66 bits per heavy atom. The highest BCUT2D eigenvalue weighted by atomic mass is 32.2. The van der Waals surface area contributed by atoms with Gasteiger partial charge in [-0.1, -0.05) is 39.0 Å². The Kier molecular flexibility index (Phi) is 8.06. The molecule has 4 aliphatic rings. The first kappa shape index (κ1) is 31.4. The first-order chi connectivity index (χ1) is 20.6. The standard InChI is InChI=1S/C33H42F3N3O4S/c1-31(2)17-25-18-32(3,20-31)21-38(25)19-22-9-10-27-28(11-13-43-29(27)14-22)37-30(40)16-24-7-5-12-39(24)44(41,42)26-8-4-6-23(15-26)33(34,35)36/h4,6,8-10,14-15,24-25,28H,5,7,11-13,16-21H2,1-3H3,(H,37,40)/t24-,25?,28+,32?/m0/s1. The number of alkyl halides is 3. The smallest absolute Gasteiger partial charge is 0.416 e. The predicted molar refractivity (Wildman–Crippen MR) is 160 cm³/mol. The average molecular weight is 634 g/mol. The van der Waals surface area contributed by atoms with Gasteiger partial charge < -0.3 is 10.1 Å². The third-order valence-corrected chi connectivity index (χ3v) is 11.8. The van der Waals surface area contributed by atoms with E-state index in [9.17, 15) is 26.4 Å². The average Bonchev–Trinajstić information content (AvgIpc) is 3.49. The van der Waals surface area contributed by atoms with Gasteiger partial charge in [0.15, 0.2) is 0 Å². The van der Waals surface area contributed by atoms with Crippen LogP contribution in [0, 0.1) is 10.8 Å². The zero-order valence-corrected chi connectivity index (χ0v) is 26.4. The summed E-state index contributed by atoms with van der Waals surface area (Å²) in [6.45, 7) is 9.74. The van der Waals surface area contributed by atoms with Crippen molar-refractivity contribution >= 4 is 15.9 Å². The number of carbonyl (C=O) groups is 1. The number of benzene rings is 2. The maximum atomic E-state index is 13.3. The summed E-state index contributed by atoms with van der Waals surface area (Å²) < 4.78 is 73.6. The van der Waals surface area contributed by atoms with Crippen molar-refractivity contribution < 1.29 is 31.1 Å². The number of ether oxygens (including phenoxy) is 1. The van der Waals surface area contributed by atoms with Gasteiger partial charge in [-0.2, -0.15) is 17.5 Å². The van der Waals surface area contributed by atoms with Crippen LogP contribution in [0.4, 0.5) is 13.2 Å². The Bertz CT molecular complexity index is 1530. The first-order valence-electron chi connectivity index (χ1n) is 15.6. The molecule has 1 N–H and O–H groups in total. The molecule has 3 aliphatic heterocycles. The summed E-state index contributed by atoms with van der Waals surface area (Å²) in [6.07, 6.45) is 0.575. The van der Waals surface area contributed by atoms with Gasteiger partial charge in [-0.3, -0.25) is 9.69 Å². The summed E-state index contributed by atoms with van der Waals surface area (Å²) in [5.41, 5.74) is 1.78. The fourth-order valence-electron chi connectivity index (χ4n) is 8.44. The summed E-state index contributed by atoms with van der Waals surface area (Å²) in [4.78, 5) is 15.4. The summed E-state index contributed by atoms with van der Waals surface area (Å²) in [5.74, 6) is 0.477. The lowest BCUT2D eigenvalue weighted by Gasteiger charge is -2.40. The SMILES string of the molecule is CC1(C)CC2CC(C)(CN2Cc2ccc3c(c2)OCC[C@H]3NC(=O)C[C@@H]2CCCN2S(=O)(=O)c2cccc(C(F)(F)F)c2)C1. The Labute approximate surface area is 258 Å². The van der Waals surface area contributed by atoms with Crippen molar-refractivity contribution in [1.82, 2.24) is 14.5 Å². The lowest BCUT2D eigenvalue weighted by atomic mass is 9.65. The van der Waals surface area contributed by atoms with E-state index in [1.165, 1.54) is 35.2 Å². The number of nitrogens with zero attached hydrogens (tertiary/aromatic N) is 2. The minimum Gasteiger partial charge on any atom is -0.493 e. The fourth-order valence-corrected chi connectivity index (χ4v) is 10.2. The molecule has 2 aromatic carbocycles. The lowest BCUT2D eigenvalue weighted by molar-refractivity contribution is -0.137. The zero-order valence-electron chi connectivity index (χ0n) is 25.6. The van der Waals surface area contributed by atoms with Gasteiger partial charge in [0.05, 0.1) is 23.1 Å². The summed E-state index contributed by atoms with van der Waals surface area (Å²) in [6, 6.07) is 9.71. The molecule has 2 saturated heterocycles. The molecule has 11 heteroatoms. The van der Waals surface area contributed by atoms with Crippen molar-refractivity contribution in [3.05, 3.63) is 59.2 Å². The van der Waals surface area contributed by atoms with Crippen LogP contribution in [0.25, 0.3) is 0 Å². The van der Waals surface area contributed by atoms with Crippen LogP contribution in [0.5, 0.6) is 5.75 Å². The van der Waals surface area contributed by atoms with Gasteiger partial charge in [-0.15, -0.1) is 0 Å². The second kappa shape index (κ2) is 11.3. The van der Waals surface area contributed by atoms with Crippen molar-refractivity contribution in [2.75, 3.05) is 19.7 Å². The Morgan fingerprint density at radius 1 is 1.09 bits per heavy atom. The molecule has 2 aromatic rings. The molecule has 240 valence electrons. The molecule has 0 aromatic heterocycles. The van der Waals surface area contributed by atoms with Crippen molar-refractivity contribution in [2.24, 2.45) is 10.8 Å². The van der Waals surface area contributed by atoms with E-state index in [1.54, 1.807) is 0 Å². The van der Waals surface area contributed by atoms with Crippen LogP contribution < -0.4 is 10.1 Å². The molecule has 4 atom stereocenters. The van der Waals surface area contributed by atoms with Gasteiger partial charge >= 0.3 is 6.18 Å². The van der Waals surface area contributed by atoms with E-state index in [-0.39, 0.29) is 24.9 Å². The second-order valence-corrected chi connectivity index (χ2v) is 16.3. The van der Waals surface area contributed by atoms with E-state index in [0.29, 0.717) is 48.8 Å². The van der Waals surface area contributed by atoms with Gasteiger partial charge in [0.1, 0.15) is 5.75 Å². The summed E-state index contributed by atoms with van der Waals surface area (Å²) in [7, 11) is -4.20. The van der Waals surface area contributed by atoms with Gasteiger partial charge in [0, 0.05) is 50.1 Å². The van der Waals surface area contributed by atoms with Crippen LogP contribution in [0.1, 0.15) is 88.4 Å². The monoisotopic (exact) mass is 633 g/mol. The molecule has 2 bridgehead atoms. The van der Waals surface area contributed by atoms with Crippen molar-refractivity contribution in [1.29, 1.82) is 0 Å². The van der Waals surface area contributed by atoms with Crippen LogP contribution in [0.2, 0.25) is 0 Å². The van der Waals surface area contributed by atoms with Crippen LogP contribution in [0.3, 0.4) is 0 Å². The van der Waals surface area contributed by atoms with Gasteiger partial charge in [0.25, 0.3) is 0 Å². The van der Waals surface area contributed by atoms with Gasteiger partial charge in [-0.05, 0) is 72.8 Å². The Hall–Kier alpha value is -2.63. The van der Waals surface area contributed by atoms with Crippen LogP contribution >= 0.6 is 0 Å². The van der Waals surface area contributed by atoms with Crippen LogP contribution in [-0.2, 0) is 27.5 Å². The molecular weight excluding hydrogens is 591 g/mol. The second-order valence-electron chi connectivity index (χ2n) is 14.4. The fraction of sp³-hybridized carbons (Fsp3) is 0.606. The van der Waals surface area contributed by atoms with Gasteiger partial charge in [0.2, 0.25) is 15.9 Å². The number of carbonyl (C=O) groups excluding carboxylic acids is 1. The molecule has 3 heterocycles. The number of likely N-dealkylation sites (tertiary alicyclic amines) is 1. The van der Waals surface area contributed by atoms with E-state index in [1.807, 2.05) is 6.07 Å². The predicted octanol–water partition coefficient (Wildman–Crippen LogP) is 6.29. The molecule has 1 amide bonds. The molecule has 1 aliphatic carbocycles. The largest absolute Gasteiger partial charge is 0.493 e. The Morgan fingerprint density at radius 2 is 1.89 bits per heavy atom. The number of nitrogens with one attached hydrogen (secondary N) is 1. The van der Waals surface area contributed by atoms with Crippen LogP contribution in [0.15, 0.2) is 47.4 Å². The minimum absolute atomic E-state index is 0.0611. The topological polar surface area (TPSA) is 79.0 Å². The minimum atomic E-state index is -4.65. The molecule has 7 nitrogen and oxygen atoms in total. The normalized spacial score (nSPS) is 28.8. The summed E-state index contributed by atoms with van der Waals surface area (Å²) in [5, 5.41) is 3.08. The van der Waals surface area contributed by atoms with Crippen molar-refractivity contribution in [3.8, 4) is 5.75 Å². The zero-order chi connectivity index (χ0) is 31.5. The number of amides is 1. The first-order valence-corrected chi connectivity index (χ1v) is 17.0. The molecule has 2 unspecified atom stereocenters. The third kappa shape index (κ3) is 6.37. The maximum Gasteiger partial charge on any atom is 0.416 e. The Balaban J connectivity index is 1.10. The van der Waals surface area contributed by atoms with Crippen LogP contribution in [-0.4, -0.2) is 55.3 Å². The quantitative estimate of drug-likeness (QED) is 0.388. The summed E-state index contributed by atoms with van der Waals surface area (Å²) >= 11 is 0. The molecule has 3 fully saturated rings. The number of hydrogen-bond acceptors (Lipinski definition) is 5. The molecule has 0 spiro atoms. The highest BCUT2D eigenvalue weighted by Crippen LogP contribution is 2.53. The number of hydrogen-bond donors (Lipinski definition) is 1. The molecule has 44 heavy (non-hydrogen) atoms. The van der Waals surface area contributed by atoms with E-state index in [0.717, 1.165) is 36.5 Å². The lowest BCUT2D eigenvalue weighted by Crippen LogP contribution is -2.40. The molecule has 1 saturated carbocycles. The molecular formula is C33H42F3N3O4S. The number of sulfonamides is 1. The van der Waals surface area contributed by atoms with E-state index in [2.05, 4.69) is 43.1 Å². The number of rotatable bonds is 7. The van der Waals surface area contributed by atoms with E-state index in [4.69, 9.17) is 4.74 Å². The number of halogens is 3. The molecule has 0 radical (unpaired) electrons. The molecule has 6 rings (SSSR count). The number of fused-ring (bicyclic) bond motifs is 3. The highest BCUT2D eigenvalue weighted by molar-refractivity contribution is 7.89. The van der Waals surface area contributed by atoms with Crippen molar-refractivity contribution in [3.63, 3.8) is 0 Å². The van der Waals surface area contributed by atoms with Crippen molar-refractivity contribution in [2.45, 2.75) is 101 Å².